The molecule has 1 aromatic rings. The molecule has 0 spiro atoms. The molecule has 2 aliphatic rings. The molecule has 30 heavy (non-hydrogen) atoms. The Morgan fingerprint density at radius 1 is 1.23 bits per heavy atom. The molecule has 9 nitrogen and oxygen atoms in total. The highest BCUT2D eigenvalue weighted by Gasteiger charge is 2.53. The molecule has 1 heterocycles. The standard InChI is InChI=1S/C21H27NO8/c1-4-7-28-13-6-5-12(14(9-13)27-3)8-11(2)21(26)22-15-16(23)18(25)20-19(17(15)24)29-10-30-20/h4-6,8-9,15-20,23-25H,1,7,10H2,2-3H3,(H,22,26)/b11-8+/t15-,16+,17-,18-,19+,20-/m1/s1. The fraction of sp³-hybridized carbons (Fsp3) is 0.476. The van der Waals surface area contributed by atoms with Gasteiger partial charge in [-0.25, -0.2) is 0 Å². The quantitative estimate of drug-likeness (QED) is 0.358. The van der Waals surface area contributed by atoms with Gasteiger partial charge in [0.15, 0.2) is 0 Å². The topological polar surface area (TPSA) is 127 Å². The maximum absolute atomic E-state index is 12.7. The number of carbonyl (C=O) groups excluding carboxylic acids is 1. The van der Waals surface area contributed by atoms with Crippen molar-refractivity contribution in [2.24, 2.45) is 0 Å². The number of aliphatic hydroxyl groups is 3. The van der Waals surface area contributed by atoms with Gasteiger partial charge in [-0.05, 0) is 25.1 Å². The number of nitrogens with one attached hydrogen (secondary N) is 1. The van der Waals surface area contributed by atoms with Gasteiger partial charge in [-0.15, -0.1) is 0 Å². The molecule has 1 aliphatic carbocycles. The number of amides is 1. The second-order valence-electron chi connectivity index (χ2n) is 7.18. The van der Waals surface area contributed by atoms with Gasteiger partial charge in [0.25, 0.3) is 0 Å². The Labute approximate surface area is 174 Å². The number of carbonyl (C=O) groups is 1. The van der Waals surface area contributed by atoms with Crippen LogP contribution < -0.4 is 14.8 Å². The summed E-state index contributed by atoms with van der Waals surface area (Å²) >= 11 is 0. The Morgan fingerprint density at radius 2 is 1.93 bits per heavy atom. The summed E-state index contributed by atoms with van der Waals surface area (Å²) in [4.78, 5) is 12.7. The molecule has 3 rings (SSSR count). The van der Waals surface area contributed by atoms with Crippen LogP contribution in [0.4, 0.5) is 0 Å². The van der Waals surface area contributed by atoms with E-state index in [1.807, 2.05) is 0 Å². The molecule has 1 aromatic carbocycles. The van der Waals surface area contributed by atoms with E-state index < -0.39 is 42.5 Å². The Kier molecular flexibility index (Phi) is 7.11. The van der Waals surface area contributed by atoms with E-state index in [0.717, 1.165) is 0 Å². The van der Waals surface area contributed by atoms with Gasteiger partial charge in [0, 0.05) is 17.2 Å². The van der Waals surface area contributed by atoms with Crippen LogP contribution in [0.2, 0.25) is 0 Å². The van der Waals surface area contributed by atoms with Crippen LogP contribution in [0.25, 0.3) is 6.08 Å². The van der Waals surface area contributed by atoms with Gasteiger partial charge >= 0.3 is 0 Å². The predicted octanol–water partition coefficient (Wildman–Crippen LogP) is -0.0141. The number of rotatable bonds is 7. The molecule has 0 aromatic heterocycles. The third kappa shape index (κ3) is 4.50. The number of hydrogen-bond acceptors (Lipinski definition) is 8. The molecule has 1 saturated heterocycles. The largest absolute Gasteiger partial charge is 0.496 e. The summed E-state index contributed by atoms with van der Waals surface area (Å²) in [6, 6.07) is 4.07. The SMILES string of the molecule is C=CCOc1ccc(/C=C(\C)C(=O)N[C@@H]2[C@H](O)[C@@H](O)[C@H]3OCO[C@H]3[C@@H]2O)c(OC)c1. The zero-order valence-electron chi connectivity index (χ0n) is 16.9. The highest BCUT2D eigenvalue weighted by Crippen LogP contribution is 2.30. The van der Waals surface area contributed by atoms with E-state index in [4.69, 9.17) is 18.9 Å². The summed E-state index contributed by atoms with van der Waals surface area (Å²) < 4.78 is 21.3. The van der Waals surface area contributed by atoms with Gasteiger partial charge in [-0.3, -0.25) is 4.79 Å². The number of benzene rings is 1. The van der Waals surface area contributed by atoms with E-state index in [0.29, 0.717) is 29.2 Å². The van der Waals surface area contributed by atoms with Gasteiger partial charge < -0.3 is 39.6 Å². The summed E-state index contributed by atoms with van der Waals surface area (Å²) in [7, 11) is 1.51. The van der Waals surface area contributed by atoms with E-state index in [2.05, 4.69) is 11.9 Å². The Morgan fingerprint density at radius 3 is 2.60 bits per heavy atom. The van der Waals surface area contributed by atoms with Crippen molar-refractivity contribution in [3.63, 3.8) is 0 Å². The number of hydrogen-bond donors (Lipinski definition) is 4. The van der Waals surface area contributed by atoms with E-state index in [1.54, 1.807) is 37.3 Å². The molecule has 4 N–H and O–H groups in total. The minimum atomic E-state index is -1.41. The Bertz CT molecular complexity index is 810. The van der Waals surface area contributed by atoms with Crippen molar-refractivity contribution >= 4 is 12.0 Å². The average Bonchev–Trinajstić information content (AvgIpc) is 3.24. The minimum absolute atomic E-state index is 0.0952. The molecule has 1 saturated carbocycles. The van der Waals surface area contributed by atoms with Gasteiger partial charge in [0.05, 0.1) is 13.2 Å². The molecule has 2 fully saturated rings. The lowest BCUT2D eigenvalue weighted by Gasteiger charge is -2.41. The number of methoxy groups -OCH3 is 1. The van der Waals surface area contributed by atoms with E-state index in [-0.39, 0.29) is 6.79 Å². The summed E-state index contributed by atoms with van der Waals surface area (Å²) in [5, 5.41) is 33.6. The molecule has 0 radical (unpaired) electrons. The summed E-state index contributed by atoms with van der Waals surface area (Å²) in [6.07, 6.45) is -2.36. The zero-order valence-corrected chi connectivity index (χ0v) is 16.9. The van der Waals surface area contributed by atoms with Crippen molar-refractivity contribution in [1.82, 2.24) is 5.32 Å². The molecule has 1 aliphatic heterocycles. The summed E-state index contributed by atoms with van der Waals surface area (Å²) in [6.45, 7) is 5.45. The number of fused-ring (bicyclic) bond motifs is 1. The molecular formula is C21H27NO8. The first-order valence-electron chi connectivity index (χ1n) is 9.55. The molecule has 6 atom stereocenters. The third-order valence-corrected chi connectivity index (χ3v) is 5.20. The van der Waals surface area contributed by atoms with Crippen LogP contribution in [0.1, 0.15) is 12.5 Å². The van der Waals surface area contributed by atoms with Crippen LogP contribution in [0, 0.1) is 0 Å². The molecule has 0 unspecified atom stereocenters. The highest BCUT2D eigenvalue weighted by molar-refractivity contribution is 5.97. The Balaban J connectivity index is 1.73. The molecular weight excluding hydrogens is 394 g/mol. The molecule has 0 bridgehead atoms. The van der Waals surface area contributed by atoms with Crippen molar-refractivity contribution in [2.75, 3.05) is 20.5 Å². The van der Waals surface area contributed by atoms with E-state index >= 15 is 0 Å². The smallest absolute Gasteiger partial charge is 0.247 e. The highest BCUT2D eigenvalue weighted by atomic mass is 16.7. The monoisotopic (exact) mass is 421 g/mol. The summed E-state index contributed by atoms with van der Waals surface area (Å²) in [5.74, 6) is 0.592. The number of aliphatic hydroxyl groups excluding tert-OH is 3. The molecule has 9 heteroatoms. The van der Waals surface area contributed by atoms with Crippen LogP contribution >= 0.6 is 0 Å². The Hall–Kier alpha value is -2.43. The van der Waals surface area contributed by atoms with Crippen molar-refractivity contribution in [2.45, 2.75) is 43.5 Å². The maximum Gasteiger partial charge on any atom is 0.247 e. The number of ether oxygens (including phenoxy) is 4. The first-order chi connectivity index (χ1) is 14.4. The van der Waals surface area contributed by atoms with Gasteiger partial charge in [0.1, 0.15) is 55.4 Å². The minimum Gasteiger partial charge on any atom is -0.496 e. The van der Waals surface area contributed by atoms with Gasteiger partial charge in [-0.1, -0.05) is 12.7 Å². The average molecular weight is 421 g/mol. The van der Waals surface area contributed by atoms with Crippen LogP contribution in [0.15, 0.2) is 36.4 Å². The van der Waals surface area contributed by atoms with Gasteiger partial charge in [0.2, 0.25) is 5.91 Å². The molecule has 164 valence electrons. The lowest BCUT2D eigenvalue weighted by molar-refractivity contribution is -0.155. The second kappa shape index (κ2) is 9.59. The second-order valence-corrected chi connectivity index (χ2v) is 7.18. The van der Waals surface area contributed by atoms with Crippen molar-refractivity contribution < 1.29 is 39.1 Å². The normalized spacial score (nSPS) is 31.0. The van der Waals surface area contributed by atoms with Crippen LogP contribution in [-0.4, -0.2) is 78.3 Å². The fourth-order valence-electron chi connectivity index (χ4n) is 3.58. The van der Waals surface area contributed by atoms with Crippen LogP contribution in [0.5, 0.6) is 11.5 Å². The van der Waals surface area contributed by atoms with Crippen LogP contribution in [0.3, 0.4) is 0 Å². The lowest BCUT2D eigenvalue weighted by Crippen LogP contribution is -2.67. The van der Waals surface area contributed by atoms with Crippen molar-refractivity contribution in [3.8, 4) is 11.5 Å². The zero-order chi connectivity index (χ0) is 21.8. The van der Waals surface area contributed by atoms with E-state index in [9.17, 15) is 20.1 Å². The van der Waals surface area contributed by atoms with Crippen molar-refractivity contribution in [3.05, 3.63) is 42.0 Å². The third-order valence-electron chi connectivity index (χ3n) is 5.20. The van der Waals surface area contributed by atoms with E-state index in [1.165, 1.54) is 7.11 Å². The summed E-state index contributed by atoms with van der Waals surface area (Å²) in [5.41, 5.74) is 0.959. The predicted molar refractivity (Wildman–Crippen MR) is 107 cm³/mol. The van der Waals surface area contributed by atoms with Crippen molar-refractivity contribution in [1.29, 1.82) is 0 Å². The van der Waals surface area contributed by atoms with Crippen LogP contribution in [-0.2, 0) is 14.3 Å². The first-order valence-corrected chi connectivity index (χ1v) is 9.55. The molecule has 1 amide bonds. The first kappa shape index (κ1) is 22.3. The lowest BCUT2D eigenvalue weighted by atomic mass is 9.83. The fourth-order valence-corrected chi connectivity index (χ4v) is 3.58. The van der Waals surface area contributed by atoms with Gasteiger partial charge in [-0.2, -0.15) is 0 Å². The maximum atomic E-state index is 12.7.